The number of hydrogen-bond donors (Lipinski definition) is 1. The lowest BCUT2D eigenvalue weighted by atomic mass is 9.53. The molecule has 4 saturated carbocycles. The fourth-order valence-corrected chi connectivity index (χ4v) is 8.23. The molecule has 0 spiro atoms. The molecule has 2 aromatic carbocycles. The summed E-state index contributed by atoms with van der Waals surface area (Å²) in [6.07, 6.45) is 6.82. The Morgan fingerprint density at radius 2 is 1.55 bits per heavy atom. The Morgan fingerprint density at radius 1 is 0.970 bits per heavy atom. The van der Waals surface area contributed by atoms with Crippen LogP contribution in [0.1, 0.15) is 44.1 Å². The van der Waals surface area contributed by atoms with Crippen molar-refractivity contribution in [2.24, 2.45) is 17.8 Å². The van der Waals surface area contributed by atoms with Gasteiger partial charge in [0.25, 0.3) is 10.0 Å². The van der Waals surface area contributed by atoms with Crippen molar-refractivity contribution in [3.05, 3.63) is 58.1 Å². The van der Waals surface area contributed by atoms with Crippen molar-refractivity contribution in [1.82, 2.24) is 5.32 Å². The second-order valence-electron chi connectivity index (χ2n) is 10.2. The molecule has 0 heterocycles. The van der Waals surface area contributed by atoms with Crippen LogP contribution in [0.2, 0.25) is 10.0 Å². The van der Waals surface area contributed by atoms with E-state index in [1.165, 1.54) is 25.3 Å². The molecule has 5 nitrogen and oxygen atoms in total. The number of amides is 1. The Labute approximate surface area is 205 Å². The molecule has 1 amide bonds. The highest BCUT2D eigenvalue weighted by molar-refractivity contribution is 7.92. The second-order valence-corrected chi connectivity index (χ2v) is 12.8. The number of halogens is 2. The van der Waals surface area contributed by atoms with Gasteiger partial charge in [0, 0.05) is 5.54 Å². The third-order valence-corrected chi connectivity index (χ3v) is 10.1. The molecule has 2 aromatic rings. The number of anilines is 1. The Bertz CT molecular complexity index is 1150. The number of nitrogens with one attached hydrogen (secondary N) is 1. The molecule has 1 N–H and O–H groups in total. The maximum Gasteiger partial charge on any atom is 0.264 e. The Balaban J connectivity index is 1.44. The topological polar surface area (TPSA) is 66.5 Å². The van der Waals surface area contributed by atoms with E-state index in [4.69, 9.17) is 23.2 Å². The molecule has 4 fully saturated rings. The van der Waals surface area contributed by atoms with Crippen molar-refractivity contribution in [2.45, 2.75) is 55.9 Å². The molecule has 176 valence electrons. The molecular weight excluding hydrogens is 479 g/mol. The van der Waals surface area contributed by atoms with E-state index in [1.54, 1.807) is 36.4 Å². The van der Waals surface area contributed by atoms with Crippen LogP contribution in [0.3, 0.4) is 0 Å². The van der Waals surface area contributed by atoms with E-state index in [0.717, 1.165) is 29.1 Å². The predicted molar refractivity (Wildman–Crippen MR) is 131 cm³/mol. The number of benzene rings is 2. The SMILES string of the molecule is Cc1ccc(S(=O)(=O)N(CC(=O)NC23CC4CC(CC(C4)C2)C3)c2ccc(Cl)c(Cl)c2)cc1. The maximum absolute atomic E-state index is 13.6. The Hall–Kier alpha value is -1.76. The van der Waals surface area contributed by atoms with Gasteiger partial charge in [0.1, 0.15) is 6.54 Å². The van der Waals surface area contributed by atoms with Crippen molar-refractivity contribution in [1.29, 1.82) is 0 Å². The Kier molecular flexibility index (Phi) is 5.91. The summed E-state index contributed by atoms with van der Waals surface area (Å²) in [5.74, 6) is 1.76. The minimum absolute atomic E-state index is 0.127. The van der Waals surface area contributed by atoms with Crippen LogP contribution < -0.4 is 9.62 Å². The summed E-state index contributed by atoms with van der Waals surface area (Å²) < 4.78 is 28.4. The first kappa shape index (κ1) is 23.0. The van der Waals surface area contributed by atoms with Crippen LogP contribution >= 0.6 is 23.2 Å². The maximum atomic E-state index is 13.6. The van der Waals surface area contributed by atoms with E-state index in [2.05, 4.69) is 5.32 Å². The number of hydrogen-bond acceptors (Lipinski definition) is 3. The third kappa shape index (κ3) is 4.50. The summed E-state index contributed by atoms with van der Waals surface area (Å²) >= 11 is 12.3. The molecule has 0 aliphatic heterocycles. The monoisotopic (exact) mass is 506 g/mol. The van der Waals surface area contributed by atoms with Crippen molar-refractivity contribution in [2.75, 3.05) is 10.8 Å². The predicted octanol–water partition coefficient (Wildman–Crippen LogP) is 5.58. The molecule has 0 aromatic heterocycles. The molecule has 4 aliphatic carbocycles. The van der Waals surface area contributed by atoms with Crippen LogP contribution in [0.4, 0.5) is 5.69 Å². The molecule has 4 aliphatic rings. The van der Waals surface area contributed by atoms with Gasteiger partial charge in [-0.2, -0.15) is 0 Å². The molecule has 0 radical (unpaired) electrons. The van der Waals surface area contributed by atoms with Crippen LogP contribution in [-0.2, 0) is 14.8 Å². The van der Waals surface area contributed by atoms with Gasteiger partial charge in [-0.05, 0) is 93.5 Å². The highest BCUT2D eigenvalue weighted by Gasteiger charge is 2.51. The fourth-order valence-electron chi connectivity index (χ4n) is 6.52. The normalized spacial score (nSPS) is 28.0. The lowest BCUT2D eigenvalue weighted by Crippen LogP contribution is -2.61. The smallest absolute Gasteiger partial charge is 0.264 e. The third-order valence-electron chi connectivity index (χ3n) is 7.53. The number of sulfonamides is 1. The zero-order valence-corrected chi connectivity index (χ0v) is 20.9. The van der Waals surface area contributed by atoms with Gasteiger partial charge in [0.05, 0.1) is 20.6 Å². The van der Waals surface area contributed by atoms with Crippen molar-refractivity contribution < 1.29 is 13.2 Å². The van der Waals surface area contributed by atoms with Crippen LogP contribution in [0.25, 0.3) is 0 Å². The number of aryl methyl sites for hydroxylation is 1. The number of rotatable bonds is 6. The summed E-state index contributed by atoms with van der Waals surface area (Å²) in [6.45, 7) is 1.59. The first-order valence-electron chi connectivity index (χ1n) is 11.5. The van der Waals surface area contributed by atoms with Gasteiger partial charge >= 0.3 is 0 Å². The van der Waals surface area contributed by atoms with Gasteiger partial charge in [-0.3, -0.25) is 9.10 Å². The summed E-state index contributed by atoms with van der Waals surface area (Å²) in [4.78, 5) is 13.4. The van der Waals surface area contributed by atoms with Gasteiger partial charge < -0.3 is 5.32 Å². The minimum atomic E-state index is -3.99. The van der Waals surface area contributed by atoms with Gasteiger partial charge in [0.15, 0.2) is 0 Å². The molecule has 0 atom stereocenters. The summed E-state index contributed by atoms with van der Waals surface area (Å²) in [5, 5.41) is 3.84. The largest absolute Gasteiger partial charge is 0.349 e. The van der Waals surface area contributed by atoms with Crippen molar-refractivity contribution in [3.63, 3.8) is 0 Å². The standard InChI is InChI=1S/C25H28Cl2N2O3S/c1-16-2-5-21(6-3-16)33(31,32)29(20-4-7-22(26)23(27)11-20)15-24(30)28-25-12-17-8-18(13-25)10-19(9-17)14-25/h2-7,11,17-19H,8-10,12-15H2,1H3,(H,28,30). The first-order chi connectivity index (χ1) is 15.6. The van der Waals surface area contributed by atoms with Gasteiger partial charge in [-0.1, -0.05) is 40.9 Å². The van der Waals surface area contributed by atoms with E-state index in [0.29, 0.717) is 28.5 Å². The quantitative estimate of drug-likeness (QED) is 0.555. The number of carbonyl (C=O) groups excluding carboxylic acids is 1. The average molecular weight is 507 g/mol. The van der Waals surface area contributed by atoms with Crippen LogP contribution in [0, 0.1) is 24.7 Å². The summed E-state index contributed by atoms with van der Waals surface area (Å²) in [6, 6.07) is 11.2. The molecule has 4 bridgehead atoms. The molecule has 8 heteroatoms. The van der Waals surface area contributed by atoms with E-state index in [9.17, 15) is 13.2 Å². The van der Waals surface area contributed by atoms with E-state index in [1.807, 2.05) is 6.92 Å². The van der Waals surface area contributed by atoms with E-state index < -0.39 is 10.0 Å². The van der Waals surface area contributed by atoms with Crippen LogP contribution in [-0.4, -0.2) is 26.4 Å². The van der Waals surface area contributed by atoms with E-state index >= 15 is 0 Å². The first-order valence-corrected chi connectivity index (χ1v) is 13.7. The number of carbonyl (C=O) groups is 1. The minimum Gasteiger partial charge on any atom is -0.349 e. The van der Waals surface area contributed by atoms with Crippen LogP contribution in [0.15, 0.2) is 47.4 Å². The molecule has 33 heavy (non-hydrogen) atoms. The zero-order valence-electron chi connectivity index (χ0n) is 18.6. The highest BCUT2D eigenvalue weighted by atomic mass is 35.5. The molecule has 0 unspecified atom stereocenters. The van der Waals surface area contributed by atoms with Crippen LogP contribution in [0.5, 0.6) is 0 Å². The zero-order chi connectivity index (χ0) is 23.4. The van der Waals surface area contributed by atoms with Crippen molar-refractivity contribution in [3.8, 4) is 0 Å². The molecular formula is C25H28Cl2N2O3S. The van der Waals surface area contributed by atoms with Gasteiger partial charge in [-0.15, -0.1) is 0 Å². The van der Waals surface area contributed by atoms with Crippen molar-refractivity contribution >= 4 is 44.8 Å². The Morgan fingerprint density at radius 3 is 2.09 bits per heavy atom. The molecule has 6 rings (SSSR count). The fraction of sp³-hybridized carbons (Fsp3) is 0.480. The second kappa shape index (κ2) is 8.47. The van der Waals surface area contributed by atoms with E-state index in [-0.39, 0.29) is 27.9 Å². The van der Waals surface area contributed by atoms with Gasteiger partial charge in [0.2, 0.25) is 5.91 Å². The number of nitrogens with zero attached hydrogens (tertiary/aromatic N) is 1. The lowest BCUT2D eigenvalue weighted by molar-refractivity contribution is -0.125. The highest BCUT2D eigenvalue weighted by Crippen LogP contribution is 2.55. The van der Waals surface area contributed by atoms with Gasteiger partial charge in [-0.25, -0.2) is 8.42 Å². The lowest BCUT2D eigenvalue weighted by Gasteiger charge is -2.57. The summed E-state index contributed by atoms with van der Waals surface area (Å²) in [7, 11) is -3.99. The summed E-state index contributed by atoms with van der Waals surface area (Å²) in [5.41, 5.74) is 1.07. The molecule has 0 saturated heterocycles. The average Bonchev–Trinajstić information content (AvgIpc) is 2.73.